The molecule has 5 nitrogen and oxygen atoms in total. The van der Waals surface area contributed by atoms with Gasteiger partial charge in [0.15, 0.2) is 0 Å². The summed E-state index contributed by atoms with van der Waals surface area (Å²) in [5.41, 5.74) is 1.42. The number of benzene rings is 2. The van der Waals surface area contributed by atoms with Gasteiger partial charge in [0.25, 0.3) is 5.91 Å². The van der Waals surface area contributed by atoms with Crippen LogP contribution < -0.4 is 9.62 Å². The molecule has 2 aromatic rings. The van der Waals surface area contributed by atoms with E-state index in [0.29, 0.717) is 29.9 Å². The summed E-state index contributed by atoms with van der Waals surface area (Å²) in [7, 11) is -3.31. The van der Waals surface area contributed by atoms with Gasteiger partial charge in [-0.2, -0.15) is 0 Å². The van der Waals surface area contributed by atoms with Gasteiger partial charge in [-0.05, 0) is 49.2 Å². The number of halogens is 2. The summed E-state index contributed by atoms with van der Waals surface area (Å²) in [5, 5.41) is 2.98. The molecule has 2 aromatic carbocycles. The molecule has 0 aromatic heterocycles. The van der Waals surface area contributed by atoms with Crippen LogP contribution in [0.2, 0.25) is 5.02 Å². The van der Waals surface area contributed by atoms with Crippen LogP contribution in [-0.2, 0) is 10.0 Å². The molecule has 25 heavy (non-hydrogen) atoms. The van der Waals surface area contributed by atoms with Crippen molar-refractivity contribution in [1.29, 1.82) is 0 Å². The molecule has 0 unspecified atom stereocenters. The molecule has 1 amide bonds. The number of sulfonamides is 1. The first-order valence-corrected chi connectivity index (χ1v) is 10.5. The SMILES string of the molecule is O=C(Nc1cccc(Br)c1)c1ccc(N2CCCCS2(=O)=O)cc1Cl. The lowest BCUT2D eigenvalue weighted by Crippen LogP contribution is -2.37. The largest absolute Gasteiger partial charge is 0.322 e. The Morgan fingerprint density at radius 1 is 1.16 bits per heavy atom. The highest BCUT2D eigenvalue weighted by Gasteiger charge is 2.26. The molecular weight excluding hydrogens is 428 g/mol. The quantitative estimate of drug-likeness (QED) is 0.770. The first-order valence-electron chi connectivity index (χ1n) is 7.74. The zero-order valence-corrected chi connectivity index (χ0v) is 16.4. The molecule has 0 spiro atoms. The van der Waals surface area contributed by atoms with Gasteiger partial charge in [-0.3, -0.25) is 9.10 Å². The summed E-state index contributed by atoms with van der Waals surface area (Å²) in [6.45, 7) is 0.433. The Morgan fingerprint density at radius 2 is 1.96 bits per heavy atom. The van der Waals surface area contributed by atoms with Gasteiger partial charge in [-0.25, -0.2) is 8.42 Å². The molecule has 132 valence electrons. The van der Waals surface area contributed by atoms with E-state index in [9.17, 15) is 13.2 Å². The summed E-state index contributed by atoms with van der Waals surface area (Å²) in [4.78, 5) is 12.4. The van der Waals surface area contributed by atoms with E-state index in [4.69, 9.17) is 11.6 Å². The predicted molar refractivity (Wildman–Crippen MR) is 104 cm³/mol. The number of nitrogens with one attached hydrogen (secondary N) is 1. The van der Waals surface area contributed by atoms with Crippen molar-refractivity contribution in [1.82, 2.24) is 0 Å². The number of amides is 1. The molecule has 3 rings (SSSR count). The molecule has 8 heteroatoms. The number of rotatable bonds is 3. The maximum Gasteiger partial charge on any atom is 0.257 e. The number of carbonyl (C=O) groups is 1. The zero-order chi connectivity index (χ0) is 18.0. The van der Waals surface area contributed by atoms with E-state index in [-0.39, 0.29) is 16.7 Å². The Morgan fingerprint density at radius 3 is 2.64 bits per heavy atom. The molecule has 0 aliphatic carbocycles. The summed E-state index contributed by atoms with van der Waals surface area (Å²) in [6.07, 6.45) is 1.47. The normalized spacial score (nSPS) is 16.5. The standard InChI is InChI=1S/C17H16BrClN2O3S/c18-12-4-3-5-13(10-12)20-17(22)15-7-6-14(11-16(15)19)21-8-1-2-9-25(21,23)24/h3-7,10-11H,1-2,8-9H2,(H,20,22). The molecular formula is C17H16BrClN2O3S. The second-order valence-corrected chi connectivity index (χ2v) is 9.06. The number of hydrogen-bond donors (Lipinski definition) is 1. The van der Waals surface area contributed by atoms with Crippen molar-refractivity contribution in [3.05, 3.63) is 57.5 Å². The van der Waals surface area contributed by atoms with Crippen LogP contribution in [0.3, 0.4) is 0 Å². The average molecular weight is 444 g/mol. The first-order chi connectivity index (χ1) is 11.9. The molecule has 1 saturated heterocycles. The van der Waals surface area contributed by atoms with Crippen molar-refractivity contribution >= 4 is 54.8 Å². The Balaban J connectivity index is 1.83. The third kappa shape index (κ3) is 4.16. The van der Waals surface area contributed by atoms with Crippen molar-refractivity contribution in [2.45, 2.75) is 12.8 Å². The van der Waals surface area contributed by atoms with Crippen LogP contribution in [-0.4, -0.2) is 26.6 Å². The summed E-state index contributed by atoms with van der Waals surface area (Å²) >= 11 is 9.59. The van der Waals surface area contributed by atoms with Crippen LogP contribution in [0.25, 0.3) is 0 Å². The van der Waals surface area contributed by atoms with Gasteiger partial charge < -0.3 is 5.32 Å². The maximum atomic E-state index is 12.4. The van der Waals surface area contributed by atoms with Crippen molar-refractivity contribution in [2.75, 3.05) is 21.9 Å². The molecule has 1 aliphatic rings. The fourth-order valence-corrected chi connectivity index (χ4v) is 4.98. The van der Waals surface area contributed by atoms with Crippen molar-refractivity contribution in [3.8, 4) is 0 Å². The van der Waals surface area contributed by atoms with Crippen molar-refractivity contribution in [3.63, 3.8) is 0 Å². The Labute approximate surface area is 160 Å². The van der Waals surface area contributed by atoms with Gasteiger partial charge >= 0.3 is 0 Å². The highest BCUT2D eigenvalue weighted by Crippen LogP contribution is 2.29. The number of nitrogens with zero attached hydrogens (tertiary/aromatic N) is 1. The van der Waals surface area contributed by atoms with E-state index < -0.39 is 10.0 Å². The Bertz CT molecular complexity index is 918. The number of carbonyl (C=O) groups excluding carboxylic acids is 1. The maximum absolute atomic E-state index is 12.4. The summed E-state index contributed by atoms with van der Waals surface area (Å²) in [6, 6.07) is 11.9. The molecule has 1 aliphatic heterocycles. The first kappa shape index (κ1) is 18.2. The van der Waals surface area contributed by atoms with Gasteiger partial charge in [0.2, 0.25) is 10.0 Å². The smallest absolute Gasteiger partial charge is 0.257 e. The van der Waals surface area contributed by atoms with Crippen LogP contribution in [0.1, 0.15) is 23.2 Å². The van der Waals surface area contributed by atoms with Crippen molar-refractivity contribution < 1.29 is 13.2 Å². The monoisotopic (exact) mass is 442 g/mol. The fraction of sp³-hybridized carbons (Fsp3) is 0.235. The molecule has 0 bridgehead atoms. The van der Waals surface area contributed by atoms with E-state index in [0.717, 1.165) is 10.9 Å². The lowest BCUT2D eigenvalue weighted by Gasteiger charge is -2.28. The zero-order valence-electron chi connectivity index (χ0n) is 13.2. The minimum atomic E-state index is -3.31. The highest BCUT2D eigenvalue weighted by atomic mass is 79.9. The second kappa shape index (κ2) is 7.35. The van der Waals surface area contributed by atoms with Gasteiger partial charge in [0.05, 0.1) is 22.0 Å². The van der Waals surface area contributed by atoms with E-state index >= 15 is 0 Å². The van der Waals surface area contributed by atoms with Gasteiger partial charge in [0, 0.05) is 16.7 Å². The fourth-order valence-electron chi connectivity index (χ4n) is 2.69. The third-order valence-electron chi connectivity index (χ3n) is 3.92. The van der Waals surface area contributed by atoms with E-state index in [1.54, 1.807) is 24.3 Å². The Hall–Kier alpha value is -1.57. The average Bonchev–Trinajstić information content (AvgIpc) is 2.54. The van der Waals surface area contributed by atoms with Gasteiger partial charge in [-0.1, -0.05) is 33.6 Å². The van der Waals surface area contributed by atoms with Crippen LogP contribution in [0.4, 0.5) is 11.4 Å². The minimum Gasteiger partial charge on any atom is -0.322 e. The predicted octanol–water partition coefficient (Wildman–Crippen LogP) is 4.28. The topological polar surface area (TPSA) is 66.5 Å². The molecule has 1 fully saturated rings. The van der Waals surface area contributed by atoms with E-state index in [2.05, 4.69) is 21.2 Å². The lowest BCUT2D eigenvalue weighted by atomic mass is 10.1. The number of hydrogen-bond acceptors (Lipinski definition) is 3. The third-order valence-corrected chi connectivity index (χ3v) is 6.59. The van der Waals surface area contributed by atoms with Crippen LogP contribution in [0, 0.1) is 0 Å². The van der Waals surface area contributed by atoms with E-state index in [1.165, 1.54) is 10.4 Å². The second-order valence-electron chi connectivity index (χ2n) is 5.72. The Kier molecular flexibility index (Phi) is 5.36. The highest BCUT2D eigenvalue weighted by molar-refractivity contribution is 9.10. The molecule has 0 radical (unpaired) electrons. The molecule has 1 N–H and O–H groups in total. The van der Waals surface area contributed by atoms with E-state index in [1.807, 2.05) is 12.1 Å². The van der Waals surface area contributed by atoms with Gasteiger partial charge in [-0.15, -0.1) is 0 Å². The van der Waals surface area contributed by atoms with Gasteiger partial charge in [0.1, 0.15) is 0 Å². The van der Waals surface area contributed by atoms with Crippen LogP contribution in [0.15, 0.2) is 46.9 Å². The number of anilines is 2. The lowest BCUT2D eigenvalue weighted by molar-refractivity contribution is 0.102. The summed E-state index contributed by atoms with van der Waals surface area (Å²) < 4.78 is 26.6. The van der Waals surface area contributed by atoms with Crippen LogP contribution in [0.5, 0.6) is 0 Å². The van der Waals surface area contributed by atoms with Crippen molar-refractivity contribution in [2.24, 2.45) is 0 Å². The molecule has 1 heterocycles. The summed E-state index contributed by atoms with van der Waals surface area (Å²) in [5.74, 6) is -0.216. The van der Waals surface area contributed by atoms with Crippen LogP contribution >= 0.6 is 27.5 Å². The minimum absolute atomic E-state index is 0.135. The molecule has 0 atom stereocenters. The molecule has 0 saturated carbocycles.